The Balaban J connectivity index is 1.23. The maximum atomic E-state index is 13.8. The maximum absolute atomic E-state index is 13.8. The third kappa shape index (κ3) is 8.02. The van der Waals surface area contributed by atoms with Gasteiger partial charge in [-0.3, -0.25) is 14.6 Å². The molecule has 1 aromatic heterocycles. The summed E-state index contributed by atoms with van der Waals surface area (Å²) in [5, 5.41) is 2.73. The second-order valence-corrected chi connectivity index (χ2v) is 15.3. The lowest BCUT2D eigenvalue weighted by atomic mass is 9.91. The zero-order valence-corrected chi connectivity index (χ0v) is 28.6. The fourth-order valence-electron chi connectivity index (χ4n) is 6.41. The number of carbonyl (C=O) groups excluding carboxylic acids is 2. The number of piperidine rings is 1. The minimum absolute atomic E-state index is 0.0199. The van der Waals surface area contributed by atoms with Gasteiger partial charge in [-0.05, 0) is 86.3 Å². The zero-order chi connectivity index (χ0) is 33.8. The number of aromatic nitrogens is 1. The molecule has 5 rings (SSSR count). The van der Waals surface area contributed by atoms with Gasteiger partial charge in [-0.2, -0.15) is 4.31 Å². The molecule has 0 bridgehead atoms. The van der Waals surface area contributed by atoms with E-state index in [1.807, 2.05) is 30.3 Å². The van der Waals surface area contributed by atoms with Crippen LogP contribution in [0.2, 0.25) is 0 Å². The van der Waals surface area contributed by atoms with Gasteiger partial charge in [0.2, 0.25) is 15.9 Å². The Morgan fingerprint density at radius 1 is 1.02 bits per heavy atom. The van der Waals surface area contributed by atoms with E-state index in [9.17, 15) is 18.0 Å². The second kappa shape index (κ2) is 14.5. The second-order valence-electron chi connectivity index (χ2n) is 13.4. The van der Waals surface area contributed by atoms with Gasteiger partial charge < -0.3 is 20.7 Å². The van der Waals surface area contributed by atoms with E-state index in [0.29, 0.717) is 44.3 Å². The standard InChI is InChI=1S/C36H47N5O5S/c1-25(2)26-12-14-27(15-13-26)30-19-33(22-38-21-30)47(44,45)40-16-6-9-29(24-40)28-8-5-11-32(18-28)46-36(3,4)35(43)39-23-34(42)41-17-7-10-31(41)20-37/h5,8,11-15,18-19,21-22,25,29,31H,6-7,9-10,16-17,20,23-24,37H2,1-4H3,(H,39,43). The number of likely N-dealkylation sites (tertiary alicyclic amines) is 1. The molecule has 2 atom stereocenters. The largest absolute Gasteiger partial charge is 0.478 e. The van der Waals surface area contributed by atoms with E-state index < -0.39 is 21.5 Å². The third-order valence-electron chi connectivity index (χ3n) is 9.26. The number of hydrogen-bond acceptors (Lipinski definition) is 7. The molecule has 11 heteroatoms. The van der Waals surface area contributed by atoms with E-state index in [2.05, 4.69) is 36.3 Å². The molecule has 47 heavy (non-hydrogen) atoms. The van der Waals surface area contributed by atoms with Gasteiger partial charge >= 0.3 is 0 Å². The number of nitrogens with two attached hydrogens (primary N) is 1. The number of nitrogens with zero attached hydrogens (tertiary/aromatic N) is 3. The van der Waals surface area contributed by atoms with Crippen LogP contribution in [0.15, 0.2) is 71.9 Å². The van der Waals surface area contributed by atoms with E-state index in [-0.39, 0.29) is 29.3 Å². The molecule has 2 fully saturated rings. The SMILES string of the molecule is CC(C)c1ccc(-c2cncc(S(=O)(=O)N3CCCC(c4cccc(OC(C)(C)C(=O)NCC(=O)N5CCCC5CN)c4)C3)c2)cc1. The van der Waals surface area contributed by atoms with Gasteiger partial charge in [-0.1, -0.05) is 50.2 Å². The van der Waals surface area contributed by atoms with Crippen molar-refractivity contribution in [3.63, 3.8) is 0 Å². The van der Waals surface area contributed by atoms with Crippen LogP contribution in [0, 0.1) is 0 Å². The maximum Gasteiger partial charge on any atom is 0.264 e. The van der Waals surface area contributed by atoms with Crippen molar-refractivity contribution < 1.29 is 22.7 Å². The number of carbonyl (C=O) groups is 2. The number of rotatable bonds is 11. The van der Waals surface area contributed by atoms with Crippen molar-refractivity contribution in [2.75, 3.05) is 32.7 Å². The minimum atomic E-state index is -3.78. The van der Waals surface area contributed by atoms with Gasteiger partial charge in [0.1, 0.15) is 10.6 Å². The number of amides is 2. The fraction of sp³-hybridized carbons (Fsp3) is 0.472. The molecule has 252 valence electrons. The van der Waals surface area contributed by atoms with Crippen molar-refractivity contribution in [3.05, 3.63) is 78.1 Å². The molecular weight excluding hydrogens is 614 g/mol. The van der Waals surface area contributed by atoms with Crippen LogP contribution >= 0.6 is 0 Å². The van der Waals surface area contributed by atoms with Crippen LogP contribution in [-0.2, 0) is 19.6 Å². The summed E-state index contributed by atoms with van der Waals surface area (Å²) in [7, 11) is -3.78. The van der Waals surface area contributed by atoms with Crippen molar-refractivity contribution in [2.45, 2.75) is 81.8 Å². The predicted octanol–water partition coefficient (Wildman–Crippen LogP) is 4.66. The number of sulfonamides is 1. The van der Waals surface area contributed by atoms with Gasteiger partial charge in [-0.15, -0.1) is 0 Å². The molecular formula is C36H47N5O5S. The highest BCUT2D eigenvalue weighted by atomic mass is 32.2. The molecule has 2 amide bonds. The van der Waals surface area contributed by atoms with Crippen LogP contribution in [0.4, 0.5) is 0 Å². The third-order valence-corrected chi connectivity index (χ3v) is 11.1. The zero-order valence-electron chi connectivity index (χ0n) is 27.8. The molecule has 3 N–H and O–H groups in total. The molecule has 0 aliphatic carbocycles. The van der Waals surface area contributed by atoms with Crippen LogP contribution in [0.3, 0.4) is 0 Å². The Bertz CT molecular complexity index is 1670. The van der Waals surface area contributed by atoms with Crippen molar-refractivity contribution in [1.29, 1.82) is 0 Å². The summed E-state index contributed by atoms with van der Waals surface area (Å²) in [6.07, 6.45) is 6.43. The first kappa shape index (κ1) is 34.5. The lowest BCUT2D eigenvalue weighted by molar-refractivity contribution is -0.138. The molecule has 2 aliphatic rings. The predicted molar refractivity (Wildman–Crippen MR) is 182 cm³/mol. The first-order valence-corrected chi connectivity index (χ1v) is 18.0. The Kier molecular flexibility index (Phi) is 10.7. The first-order valence-electron chi connectivity index (χ1n) is 16.5. The summed E-state index contributed by atoms with van der Waals surface area (Å²) in [4.78, 5) is 32.0. The summed E-state index contributed by atoms with van der Waals surface area (Å²) in [5.74, 6) is 0.306. The lowest BCUT2D eigenvalue weighted by Gasteiger charge is -2.32. The summed E-state index contributed by atoms with van der Waals surface area (Å²) >= 11 is 0. The molecule has 0 spiro atoms. The number of hydrogen-bond donors (Lipinski definition) is 2. The van der Waals surface area contributed by atoms with Crippen LogP contribution in [0.25, 0.3) is 11.1 Å². The topological polar surface area (TPSA) is 135 Å². The number of nitrogens with one attached hydrogen (secondary N) is 1. The van der Waals surface area contributed by atoms with Gasteiger partial charge in [-0.25, -0.2) is 8.42 Å². The van der Waals surface area contributed by atoms with E-state index in [4.69, 9.17) is 10.5 Å². The average molecular weight is 662 g/mol. The smallest absolute Gasteiger partial charge is 0.264 e. The highest BCUT2D eigenvalue weighted by Crippen LogP contribution is 2.33. The number of benzene rings is 2. The Hall–Kier alpha value is -3.80. The highest BCUT2D eigenvalue weighted by molar-refractivity contribution is 7.89. The van der Waals surface area contributed by atoms with E-state index >= 15 is 0 Å². The molecule has 2 saturated heterocycles. The van der Waals surface area contributed by atoms with Crippen molar-refractivity contribution >= 4 is 21.8 Å². The molecule has 3 aromatic rings. The molecule has 2 unspecified atom stereocenters. The van der Waals surface area contributed by atoms with Crippen LogP contribution in [0.5, 0.6) is 5.75 Å². The molecule has 10 nitrogen and oxygen atoms in total. The van der Waals surface area contributed by atoms with E-state index in [1.165, 1.54) is 11.8 Å². The Labute approximate surface area is 278 Å². The van der Waals surface area contributed by atoms with Crippen molar-refractivity contribution in [2.24, 2.45) is 5.73 Å². The molecule has 2 aliphatic heterocycles. The lowest BCUT2D eigenvalue weighted by Crippen LogP contribution is -2.51. The first-order chi connectivity index (χ1) is 22.4. The minimum Gasteiger partial charge on any atom is -0.478 e. The summed E-state index contributed by atoms with van der Waals surface area (Å²) in [5.41, 5.74) is 8.38. The van der Waals surface area contributed by atoms with Crippen LogP contribution < -0.4 is 15.8 Å². The summed E-state index contributed by atoms with van der Waals surface area (Å²) in [6, 6.07) is 17.3. The Morgan fingerprint density at radius 3 is 2.49 bits per heavy atom. The van der Waals surface area contributed by atoms with E-state index in [0.717, 1.165) is 36.0 Å². The molecule has 0 saturated carbocycles. The molecule has 3 heterocycles. The summed E-state index contributed by atoms with van der Waals surface area (Å²) < 4.78 is 35.3. The van der Waals surface area contributed by atoms with Crippen molar-refractivity contribution in [3.8, 4) is 16.9 Å². The Morgan fingerprint density at radius 2 is 1.77 bits per heavy atom. The normalized spacial score (nSPS) is 19.1. The van der Waals surface area contributed by atoms with E-state index in [1.54, 1.807) is 41.4 Å². The number of ether oxygens (including phenoxy) is 1. The van der Waals surface area contributed by atoms with Crippen LogP contribution in [-0.4, -0.2) is 78.8 Å². The molecule has 2 aromatic carbocycles. The summed E-state index contributed by atoms with van der Waals surface area (Å²) in [6.45, 7) is 9.30. The van der Waals surface area contributed by atoms with Gasteiger partial charge in [0.05, 0.1) is 6.54 Å². The monoisotopic (exact) mass is 661 g/mol. The molecule has 0 radical (unpaired) electrons. The highest BCUT2D eigenvalue weighted by Gasteiger charge is 2.34. The van der Waals surface area contributed by atoms with Gasteiger partial charge in [0.25, 0.3) is 5.91 Å². The van der Waals surface area contributed by atoms with Crippen LogP contribution in [0.1, 0.15) is 76.3 Å². The number of pyridine rings is 1. The van der Waals surface area contributed by atoms with Crippen molar-refractivity contribution in [1.82, 2.24) is 19.5 Å². The van der Waals surface area contributed by atoms with Gasteiger partial charge in [0, 0.05) is 50.2 Å². The fourth-order valence-corrected chi connectivity index (χ4v) is 7.93. The van der Waals surface area contributed by atoms with Gasteiger partial charge in [0.15, 0.2) is 5.60 Å². The average Bonchev–Trinajstić information content (AvgIpc) is 3.56. The quantitative estimate of drug-likeness (QED) is 0.305.